The van der Waals surface area contributed by atoms with Gasteiger partial charge in [-0.1, -0.05) is 12.2 Å². The molecule has 0 spiro atoms. The molecule has 0 radical (unpaired) electrons. The average Bonchev–Trinajstić information content (AvgIpc) is 2.77. The Morgan fingerprint density at radius 2 is 2.26 bits per heavy atom. The molecule has 0 aliphatic heterocycles. The van der Waals surface area contributed by atoms with Gasteiger partial charge in [0.25, 0.3) is 5.91 Å². The molecule has 0 aliphatic rings. The number of oxazole rings is 1. The van der Waals surface area contributed by atoms with Gasteiger partial charge in [0.15, 0.2) is 6.39 Å². The zero-order valence-corrected chi connectivity index (χ0v) is 12.3. The highest BCUT2D eigenvalue weighted by Gasteiger charge is 2.15. The smallest absolute Gasteiger partial charge is 0.293 e. The van der Waals surface area contributed by atoms with Gasteiger partial charge in [-0.05, 0) is 41.1 Å². The van der Waals surface area contributed by atoms with E-state index in [1.165, 1.54) is 6.39 Å². The maximum Gasteiger partial charge on any atom is 0.293 e. The third-order valence-corrected chi connectivity index (χ3v) is 3.35. The molecule has 0 unspecified atom stereocenters. The summed E-state index contributed by atoms with van der Waals surface area (Å²) in [4.78, 5) is 16.1. The lowest BCUT2D eigenvalue weighted by molar-refractivity contribution is 0.0996. The van der Waals surface area contributed by atoms with E-state index in [4.69, 9.17) is 22.4 Å². The summed E-state index contributed by atoms with van der Waals surface area (Å²) < 4.78 is 5.70. The second-order valence-corrected chi connectivity index (χ2v) is 5.07. The summed E-state index contributed by atoms with van der Waals surface area (Å²) in [6, 6.07) is 5.18. The number of nitrogens with zero attached hydrogens (tertiary/aromatic N) is 1. The highest BCUT2D eigenvalue weighted by Crippen LogP contribution is 2.24. The number of benzene rings is 1. The third kappa shape index (κ3) is 2.99. The molecule has 0 fully saturated rings. The van der Waals surface area contributed by atoms with E-state index in [2.05, 4.69) is 26.2 Å². The maximum absolute atomic E-state index is 12.0. The highest BCUT2D eigenvalue weighted by atomic mass is 79.9. The zero-order valence-electron chi connectivity index (χ0n) is 9.94. The van der Waals surface area contributed by atoms with Gasteiger partial charge < -0.3 is 15.5 Å². The predicted octanol–water partition coefficient (Wildman–Crippen LogP) is 2.63. The van der Waals surface area contributed by atoms with Gasteiger partial charge in [0, 0.05) is 10.0 Å². The molecule has 1 aromatic heterocycles. The molecule has 2 rings (SSSR count). The predicted molar refractivity (Wildman–Crippen MR) is 79.2 cm³/mol. The monoisotopic (exact) mass is 339 g/mol. The van der Waals surface area contributed by atoms with Gasteiger partial charge in [-0.2, -0.15) is 0 Å². The number of thiocarbonyl (C=S) groups is 1. The van der Waals surface area contributed by atoms with Crippen molar-refractivity contribution in [2.45, 2.75) is 6.92 Å². The van der Waals surface area contributed by atoms with E-state index in [1.807, 2.05) is 0 Å². The molecule has 3 N–H and O–H groups in total. The number of carbonyl (C=O) groups is 1. The standard InChI is InChI=1S/C12H10BrN3O2S/c1-6-10(18-5-15-6)12(17)16-9-3-2-7(11(14)19)4-8(9)13/h2-5H,1H3,(H2,14,19)(H,16,17). The van der Waals surface area contributed by atoms with E-state index >= 15 is 0 Å². The van der Waals surface area contributed by atoms with Crippen molar-refractivity contribution in [2.75, 3.05) is 5.32 Å². The molecular weight excluding hydrogens is 330 g/mol. The van der Waals surface area contributed by atoms with Gasteiger partial charge in [-0.3, -0.25) is 4.79 Å². The van der Waals surface area contributed by atoms with Gasteiger partial charge in [0.2, 0.25) is 5.76 Å². The van der Waals surface area contributed by atoms with Gasteiger partial charge >= 0.3 is 0 Å². The van der Waals surface area contributed by atoms with Gasteiger partial charge in [-0.25, -0.2) is 4.98 Å². The van der Waals surface area contributed by atoms with E-state index in [0.29, 0.717) is 20.8 Å². The van der Waals surface area contributed by atoms with Crippen LogP contribution in [-0.4, -0.2) is 15.9 Å². The number of halogens is 1. The first-order valence-electron chi connectivity index (χ1n) is 5.30. The molecule has 0 bridgehead atoms. The fraction of sp³-hybridized carbons (Fsp3) is 0.0833. The van der Waals surface area contributed by atoms with Crippen molar-refractivity contribution in [1.82, 2.24) is 4.98 Å². The lowest BCUT2D eigenvalue weighted by Crippen LogP contribution is -2.14. The van der Waals surface area contributed by atoms with E-state index in [9.17, 15) is 4.79 Å². The summed E-state index contributed by atoms with van der Waals surface area (Å²) in [5.41, 5.74) is 7.38. The van der Waals surface area contributed by atoms with Gasteiger partial charge in [0.05, 0.1) is 11.4 Å². The molecule has 1 heterocycles. The molecule has 5 nitrogen and oxygen atoms in total. The van der Waals surface area contributed by atoms with Crippen LogP contribution in [0.4, 0.5) is 5.69 Å². The fourth-order valence-electron chi connectivity index (χ4n) is 1.47. The minimum Gasteiger partial charge on any atom is -0.438 e. The van der Waals surface area contributed by atoms with Crippen molar-refractivity contribution in [3.63, 3.8) is 0 Å². The Morgan fingerprint density at radius 1 is 1.53 bits per heavy atom. The van der Waals surface area contributed by atoms with E-state index in [1.54, 1.807) is 25.1 Å². The van der Waals surface area contributed by atoms with Gasteiger partial charge in [0.1, 0.15) is 4.99 Å². The average molecular weight is 340 g/mol. The zero-order chi connectivity index (χ0) is 14.0. The number of hydrogen-bond donors (Lipinski definition) is 2. The lowest BCUT2D eigenvalue weighted by atomic mass is 10.2. The maximum atomic E-state index is 12.0. The summed E-state index contributed by atoms with van der Waals surface area (Å²) >= 11 is 8.23. The number of aromatic nitrogens is 1. The number of nitrogens with two attached hydrogens (primary N) is 1. The fourth-order valence-corrected chi connectivity index (χ4v) is 2.07. The number of amides is 1. The Bertz CT molecular complexity index is 654. The Labute approximate surface area is 123 Å². The van der Waals surface area contributed by atoms with Crippen LogP contribution in [0.3, 0.4) is 0 Å². The van der Waals surface area contributed by atoms with Crippen LogP contribution >= 0.6 is 28.1 Å². The molecule has 1 amide bonds. The quantitative estimate of drug-likeness (QED) is 0.840. The van der Waals surface area contributed by atoms with Crippen LogP contribution in [0.2, 0.25) is 0 Å². The highest BCUT2D eigenvalue weighted by molar-refractivity contribution is 9.10. The van der Waals surface area contributed by atoms with E-state index in [-0.39, 0.29) is 11.7 Å². The molecule has 0 saturated heterocycles. The van der Waals surface area contributed by atoms with Crippen LogP contribution in [0.1, 0.15) is 21.8 Å². The molecule has 98 valence electrons. The molecule has 0 aliphatic carbocycles. The summed E-state index contributed by atoms with van der Waals surface area (Å²) in [5, 5.41) is 2.72. The number of rotatable bonds is 3. The Hall–Kier alpha value is -1.73. The van der Waals surface area contributed by atoms with Crippen LogP contribution in [0.5, 0.6) is 0 Å². The number of carbonyl (C=O) groups excluding carboxylic acids is 1. The topological polar surface area (TPSA) is 81.2 Å². The molecule has 1 aromatic carbocycles. The first-order valence-corrected chi connectivity index (χ1v) is 6.50. The van der Waals surface area contributed by atoms with E-state index < -0.39 is 0 Å². The minimum atomic E-state index is -0.362. The number of nitrogens with one attached hydrogen (secondary N) is 1. The molecule has 19 heavy (non-hydrogen) atoms. The van der Waals surface area contributed by atoms with Crippen molar-refractivity contribution >= 4 is 44.7 Å². The number of aryl methyl sites for hydroxylation is 1. The lowest BCUT2D eigenvalue weighted by Gasteiger charge is -2.07. The van der Waals surface area contributed by atoms with Gasteiger partial charge in [-0.15, -0.1) is 0 Å². The second kappa shape index (κ2) is 5.50. The SMILES string of the molecule is Cc1ncoc1C(=O)Nc1ccc(C(N)=S)cc1Br. The Balaban J connectivity index is 2.23. The molecule has 0 atom stereocenters. The first-order chi connectivity index (χ1) is 8.99. The number of anilines is 1. The van der Waals surface area contributed by atoms with Crippen LogP contribution in [-0.2, 0) is 0 Å². The Kier molecular flexibility index (Phi) is 3.96. The van der Waals surface area contributed by atoms with Crippen molar-refractivity contribution < 1.29 is 9.21 Å². The molecule has 0 saturated carbocycles. The molecule has 2 aromatic rings. The third-order valence-electron chi connectivity index (χ3n) is 2.45. The molecule has 7 heteroatoms. The Morgan fingerprint density at radius 3 is 2.79 bits per heavy atom. The van der Waals surface area contributed by atoms with Crippen LogP contribution in [0.25, 0.3) is 0 Å². The number of hydrogen-bond acceptors (Lipinski definition) is 4. The van der Waals surface area contributed by atoms with Crippen LogP contribution in [0.15, 0.2) is 33.5 Å². The van der Waals surface area contributed by atoms with Crippen molar-refractivity contribution in [3.8, 4) is 0 Å². The first kappa shape index (κ1) is 13.7. The largest absolute Gasteiger partial charge is 0.438 e. The van der Waals surface area contributed by atoms with Crippen LogP contribution < -0.4 is 11.1 Å². The minimum absolute atomic E-state index is 0.185. The van der Waals surface area contributed by atoms with Crippen LogP contribution in [0, 0.1) is 6.92 Å². The second-order valence-electron chi connectivity index (χ2n) is 3.78. The van der Waals surface area contributed by atoms with Crippen molar-refractivity contribution in [1.29, 1.82) is 0 Å². The molecular formula is C12H10BrN3O2S. The summed E-state index contributed by atoms with van der Waals surface area (Å²) in [6.07, 6.45) is 1.23. The van der Waals surface area contributed by atoms with Crippen molar-refractivity contribution in [2.24, 2.45) is 5.73 Å². The van der Waals surface area contributed by atoms with E-state index in [0.717, 1.165) is 5.56 Å². The summed E-state index contributed by atoms with van der Waals surface area (Å²) in [5.74, 6) is -0.177. The normalized spacial score (nSPS) is 10.2. The summed E-state index contributed by atoms with van der Waals surface area (Å²) in [6.45, 7) is 1.70. The van der Waals surface area contributed by atoms with Crippen molar-refractivity contribution in [3.05, 3.63) is 46.1 Å². The summed E-state index contributed by atoms with van der Waals surface area (Å²) in [7, 11) is 0.